The molecule has 23 heavy (non-hydrogen) atoms. The van der Waals surface area contributed by atoms with E-state index in [1.54, 1.807) is 26.7 Å². The number of hydrogen-bond acceptors (Lipinski definition) is 6. The minimum absolute atomic E-state index is 0.404. The number of nitrogens with zero attached hydrogens (tertiary/aromatic N) is 3. The van der Waals surface area contributed by atoms with Crippen molar-refractivity contribution in [2.75, 3.05) is 32.6 Å². The SMILES string of the molecule is COc1ccc(OC)c(CN2CCC(Nc3ccncn3)C2)c1. The van der Waals surface area contributed by atoms with Crippen LogP contribution in [0.25, 0.3) is 0 Å². The van der Waals surface area contributed by atoms with Crippen molar-refractivity contribution in [3.8, 4) is 11.5 Å². The Morgan fingerprint density at radius 2 is 2.17 bits per heavy atom. The maximum absolute atomic E-state index is 5.46. The molecule has 1 N–H and O–H groups in total. The lowest BCUT2D eigenvalue weighted by molar-refractivity contribution is 0.317. The van der Waals surface area contributed by atoms with Gasteiger partial charge in [0.05, 0.1) is 14.2 Å². The van der Waals surface area contributed by atoms with Gasteiger partial charge in [-0.3, -0.25) is 4.90 Å². The average Bonchev–Trinajstić information content (AvgIpc) is 3.02. The van der Waals surface area contributed by atoms with E-state index in [-0.39, 0.29) is 0 Å². The van der Waals surface area contributed by atoms with Crippen LogP contribution in [0, 0.1) is 0 Å². The van der Waals surface area contributed by atoms with Gasteiger partial charge in [-0.25, -0.2) is 9.97 Å². The maximum Gasteiger partial charge on any atom is 0.129 e. The van der Waals surface area contributed by atoms with Gasteiger partial charge in [0.25, 0.3) is 0 Å². The highest BCUT2D eigenvalue weighted by Crippen LogP contribution is 2.26. The quantitative estimate of drug-likeness (QED) is 0.882. The van der Waals surface area contributed by atoms with Crippen LogP contribution in [0.1, 0.15) is 12.0 Å². The van der Waals surface area contributed by atoms with E-state index in [1.807, 2.05) is 24.3 Å². The number of likely N-dealkylation sites (tertiary alicyclic amines) is 1. The standard InChI is InChI=1S/C17H22N4O2/c1-22-15-3-4-16(23-2)13(9-15)10-21-8-6-14(11-21)20-17-5-7-18-12-19-17/h3-5,7,9,12,14H,6,8,10-11H2,1-2H3,(H,18,19,20). The topological polar surface area (TPSA) is 59.5 Å². The fourth-order valence-electron chi connectivity index (χ4n) is 2.93. The normalized spacial score (nSPS) is 17.9. The minimum atomic E-state index is 0.404. The van der Waals surface area contributed by atoms with E-state index in [2.05, 4.69) is 20.2 Å². The molecule has 3 rings (SSSR count). The lowest BCUT2D eigenvalue weighted by atomic mass is 10.1. The molecular formula is C17H22N4O2. The number of methoxy groups -OCH3 is 2. The summed E-state index contributed by atoms with van der Waals surface area (Å²) in [5, 5.41) is 3.46. The van der Waals surface area contributed by atoms with Gasteiger partial charge in [-0.1, -0.05) is 0 Å². The van der Waals surface area contributed by atoms with E-state index in [0.717, 1.165) is 48.9 Å². The zero-order chi connectivity index (χ0) is 16.1. The smallest absolute Gasteiger partial charge is 0.129 e. The molecule has 1 aliphatic rings. The lowest BCUT2D eigenvalue weighted by Crippen LogP contribution is -2.26. The van der Waals surface area contributed by atoms with Crippen molar-refractivity contribution in [1.82, 2.24) is 14.9 Å². The number of ether oxygens (including phenoxy) is 2. The van der Waals surface area contributed by atoms with Gasteiger partial charge in [-0.2, -0.15) is 0 Å². The molecule has 1 aromatic heterocycles. The largest absolute Gasteiger partial charge is 0.497 e. The number of hydrogen-bond donors (Lipinski definition) is 1. The van der Waals surface area contributed by atoms with Gasteiger partial charge in [0.1, 0.15) is 23.6 Å². The summed E-state index contributed by atoms with van der Waals surface area (Å²) >= 11 is 0. The molecular weight excluding hydrogens is 292 g/mol. The fraction of sp³-hybridized carbons (Fsp3) is 0.412. The summed E-state index contributed by atoms with van der Waals surface area (Å²) in [5.74, 6) is 2.64. The molecule has 1 fully saturated rings. The van der Waals surface area contributed by atoms with Crippen molar-refractivity contribution in [2.24, 2.45) is 0 Å². The minimum Gasteiger partial charge on any atom is -0.497 e. The van der Waals surface area contributed by atoms with Crippen LogP contribution in [-0.2, 0) is 6.54 Å². The van der Waals surface area contributed by atoms with Crippen LogP contribution in [0.4, 0.5) is 5.82 Å². The van der Waals surface area contributed by atoms with Crippen molar-refractivity contribution in [1.29, 1.82) is 0 Å². The number of aromatic nitrogens is 2. The molecule has 2 heterocycles. The Labute approximate surface area is 136 Å². The first-order valence-corrected chi connectivity index (χ1v) is 7.74. The fourth-order valence-corrected chi connectivity index (χ4v) is 2.93. The van der Waals surface area contributed by atoms with Crippen LogP contribution in [0.15, 0.2) is 36.8 Å². The molecule has 122 valence electrons. The third-order valence-electron chi connectivity index (χ3n) is 4.09. The second kappa shape index (κ2) is 7.28. The zero-order valence-corrected chi connectivity index (χ0v) is 13.5. The summed E-state index contributed by atoms with van der Waals surface area (Å²) in [6.07, 6.45) is 4.41. The summed E-state index contributed by atoms with van der Waals surface area (Å²) in [7, 11) is 3.39. The molecule has 0 radical (unpaired) electrons. The Hall–Kier alpha value is -2.34. The first-order valence-electron chi connectivity index (χ1n) is 7.74. The van der Waals surface area contributed by atoms with Gasteiger partial charge in [0.2, 0.25) is 0 Å². The number of benzene rings is 1. The van der Waals surface area contributed by atoms with E-state index in [0.29, 0.717) is 6.04 Å². The van der Waals surface area contributed by atoms with E-state index in [9.17, 15) is 0 Å². The first kappa shape index (κ1) is 15.6. The summed E-state index contributed by atoms with van der Waals surface area (Å²) in [6.45, 7) is 2.87. The van der Waals surface area contributed by atoms with Gasteiger partial charge in [0, 0.05) is 37.4 Å². The van der Waals surface area contributed by atoms with Gasteiger partial charge >= 0.3 is 0 Å². The zero-order valence-electron chi connectivity index (χ0n) is 13.5. The highest BCUT2D eigenvalue weighted by atomic mass is 16.5. The number of rotatable bonds is 6. The van der Waals surface area contributed by atoms with Gasteiger partial charge < -0.3 is 14.8 Å². The molecule has 1 atom stereocenters. The second-order valence-electron chi connectivity index (χ2n) is 5.64. The Bertz CT molecular complexity index is 636. The molecule has 6 nitrogen and oxygen atoms in total. The third kappa shape index (κ3) is 3.90. The number of anilines is 1. The van der Waals surface area contributed by atoms with E-state index >= 15 is 0 Å². The predicted octanol–water partition coefficient (Wildman–Crippen LogP) is 2.18. The number of nitrogens with one attached hydrogen (secondary N) is 1. The molecule has 2 aromatic rings. The summed E-state index contributed by atoms with van der Waals surface area (Å²) in [5.41, 5.74) is 1.15. The molecule has 1 aliphatic heterocycles. The molecule has 0 amide bonds. The maximum atomic E-state index is 5.46. The second-order valence-corrected chi connectivity index (χ2v) is 5.64. The summed E-state index contributed by atoms with van der Waals surface area (Å²) in [4.78, 5) is 10.6. The summed E-state index contributed by atoms with van der Waals surface area (Å²) < 4.78 is 10.8. The van der Waals surface area contributed by atoms with Crippen LogP contribution < -0.4 is 14.8 Å². The van der Waals surface area contributed by atoms with Crippen molar-refractivity contribution in [3.05, 3.63) is 42.4 Å². The van der Waals surface area contributed by atoms with Crippen molar-refractivity contribution >= 4 is 5.82 Å². The van der Waals surface area contributed by atoms with E-state index in [1.165, 1.54) is 0 Å². The molecule has 1 unspecified atom stereocenters. The molecule has 0 bridgehead atoms. The highest BCUT2D eigenvalue weighted by Gasteiger charge is 2.23. The highest BCUT2D eigenvalue weighted by molar-refractivity contribution is 5.40. The Morgan fingerprint density at radius 1 is 1.26 bits per heavy atom. The summed E-state index contributed by atoms with van der Waals surface area (Å²) in [6, 6.07) is 8.23. The van der Waals surface area contributed by atoms with Crippen molar-refractivity contribution < 1.29 is 9.47 Å². The predicted molar refractivity (Wildman–Crippen MR) is 88.9 cm³/mol. The molecule has 0 aliphatic carbocycles. The van der Waals surface area contributed by atoms with Crippen LogP contribution >= 0.6 is 0 Å². The molecule has 0 saturated carbocycles. The first-order chi connectivity index (χ1) is 11.3. The van der Waals surface area contributed by atoms with E-state index in [4.69, 9.17) is 9.47 Å². The lowest BCUT2D eigenvalue weighted by Gasteiger charge is -2.19. The van der Waals surface area contributed by atoms with Gasteiger partial charge in [0.15, 0.2) is 0 Å². The third-order valence-corrected chi connectivity index (χ3v) is 4.09. The van der Waals surface area contributed by atoms with Crippen LogP contribution in [0.3, 0.4) is 0 Å². The molecule has 1 aromatic carbocycles. The van der Waals surface area contributed by atoms with Crippen molar-refractivity contribution in [2.45, 2.75) is 19.0 Å². The molecule has 0 spiro atoms. The van der Waals surface area contributed by atoms with Crippen LogP contribution in [0.5, 0.6) is 11.5 Å². The average molecular weight is 314 g/mol. The van der Waals surface area contributed by atoms with Gasteiger partial charge in [-0.15, -0.1) is 0 Å². The Morgan fingerprint density at radius 3 is 2.91 bits per heavy atom. The Balaban J connectivity index is 1.61. The van der Waals surface area contributed by atoms with Crippen LogP contribution in [-0.4, -0.2) is 48.2 Å². The molecule has 6 heteroatoms. The monoisotopic (exact) mass is 314 g/mol. The van der Waals surface area contributed by atoms with Crippen molar-refractivity contribution in [3.63, 3.8) is 0 Å². The Kier molecular flexibility index (Phi) is 4.92. The van der Waals surface area contributed by atoms with Gasteiger partial charge in [-0.05, 0) is 30.7 Å². The molecule has 1 saturated heterocycles. The van der Waals surface area contributed by atoms with E-state index < -0.39 is 0 Å². The van der Waals surface area contributed by atoms with Crippen LogP contribution in [0.2, 0.25) is 0 Å².